The highest BCUT2D eigenvalue weighted by atomic mass is 16.5. The van der Waals surface area contributed by atoms with Crippen molar-refractivity contribution in [2.45, 2.75) is 45.8 Å². The Balaban J connectivity index is 1.47. The van der Waals surface area contributed by atoms with Gasteiger partial charge < -0.3 is 20.3 Å². The van der Waals surface area contributed by atoms with Crippen molar-refractivity contribution < 1.29 is 4.74 Å². The minimum atomic E-state index is 0.0290. The van der Waals surface area contributed by atoms with Crippen molar-refractivity contribution in [2.24, 2.45) is 4.99 Å². The zero-order chi connectivity index (χ0) is 20.5. The fourth-order valence-corrected chi connectivity index (χ4v) is 3.46. The molecule has 1 atom stereocenters. The number of nitrogens with one attached hydrogen (secondary N) is 2. The lowest BCUT2D eigenvalue weighted by Gasteiger charge is -2.28. The molecule has 156 valence electrons. The molecule has 0 radical (unpaired) electrons. The summed E-state index contributed by atoms with van der Waals surface area (Å²) in [6.07, 6.45) is 5.76. The van der Waals surface area contributed by atoms with Gasteiger partial charge in [-0.15, -0.1) is 0 Å². The Morgan fingerprint density at radius 1 is 1.17 bits per heavy atom. The fourth-order valence-electron chi connectivity index (χ4n) is 3.46. The maximum absolute atomic E-state index is 6.03. The predicted molar refractivity (Wildman–Crippen MR) is 120 cm³/mol. The molecule has 6 heteroatoms. The molecule has 0 aliphatic carbocycles. The first kappa shape index (κ1) is 21.0. The topological polar surface area (TPSA) is 61.8 Å². The van der Waals surface area contributed by atoms with E-state index in [-0.39, 0.29) is 6.10 Å². The summed E-state index contributed by atoms with van der Waals surface area (Å²) in [5, 5.41) is 6.73. The third-order valence-electron chi connectivity index (χ3n) is 5.15. The zero-order valence-electron chi connectivity index (χ0n) is 17.8. The smallest absolute Gasteiger partial charge is 0.191 e. The number of aryl methyl sites for hydroxylation is 1. The normalized spacial score (nSPS) is 15.7. The predicted octanol–water partition coefficient (Wildman–Crippen LogP) is 3.51. The van der Waals surface area contributed by atoms with Gasteiger partial charge in [0.2, 0.25) is 0 Å². The second-order valence-corrected chi connectivity index (χ2v) is 7.57. The summed E-state index contributed by atoms with van der Waals surface area (Å²) in [6.45, 7) is 7.69. The van der Waals surface area contributed by atoms with Crippen molar-refractivity contribution in [2.75, 3.05) is 31.6 Å². The highest BCUT2D eigenvalue weighted by molar-refractivity contribution is 5.79. The molecule has 0 saturated carbocycles. The van der Waals surface area contributed by atoms with E-state index in [4.69, 9.17) is 4.74 Å². The monoisotopic (exact) mass is 395 g/mol. The number of para-hydroxylation sites is 1. The summed E-state index contributed by atoms with van der Waals surface area (Å²) in [7, 11) is 1.79. The molecule has 1 aromatic carbocycles. The minimum Gasteiger partial charge on any atom is -0.489 e. The third kappa shape index (κ3) is 6.38. The molecule has 0 bridgehead atoms. The molecule has 6 nitrogen and oxygen atoms in total. The standard InChI is InChI=1S/C23H33N5O/c1-18-9-5-6-10-21(18)29-19(2)16-26-23(24-3)27-17-20-11-12-25-22(15-20)28-13-7-4-8-14-28/h5-6,9-12,15,19H,4,7-8,13-14,16-17H2,1-3H3,(H2,24,26,27). The lowest BCUT2D eigenvalue weighted by atomic mass is 10.1. The molecule has 1 saturated heterocycles. The molecule has 3 rings (SSSR count). The minimum absolute atomic E-state index is 0.0290. The Labute approximate surface area is 174 Å². The number of piperidine rings is 1. The van der Waals surface area contributed by atoms with E-state index in [0.29, 0.717) is 13.1 Å². The first-order chi connectivity index (χ1) is 14.2. The molecule has 1 aromatic heterocycles. The van der Waals surface area contributed by atoms with Gasteiger partial charge >= 0.3 is 0 Å². The number of guanidine groups is 1. The molecular formula is C23H33N5O. The van der Waals surface area contributed by atoms with Gasteiger partial charge in [-0.2, -0.15) is 0 Å². The summed E-state index contributed by atoms with van der Waals surface area (Å²) < 4.78 is 6.03. The molecule has 1 fully saturated rings. The number of ether oxygens (including phenoxy) is 1. The second kappa shape index (κ2) is 10.7. The van der Waals surface area contributed by atoms with Gasteiger partial charge in [0.15, 0.2) is 5.96 Å². The van der Waals surface area contributed by atoms with E-state index in [1.807, 2.05) is 24.4 Å². The molecule has 29 heavy (non-hydrogen) atoms. The number of aromatic nitrogens is 1. The number of nitrogens with zero attached hydrogens (tertiary/aromatic N) is 3. The van der Waals surface area contributed by atoms with Gasteiger partial charge in [0, 0.05) is 32.9 Å². The number of hydrogen-bond acceptors (Lipinski definition) is 4. The van der Waals surface area contributed by atoms with E-state index < -0.39 is 0 Å². The Bertz CT molecular complexity index is 801. The van der Waals surface area contributed by atoms with Crippen molar-refractivity contribution in [3.63, 3.8) is 0 Å². The van der Waals surface area contributed by atoms with Crippen LogP contribution in [-0.2, 0) is 6.54 Å². The van der Waals surface area contributed by atoms with E-state index in [0.717, 1.165) is 36.2 Å². The van der Waals surface area contributed by atoms with Gasteiger partial charge in [-0.25, -0.2) is 4.98 Å². The van der Waals surface area contributed by atoms with Crippen LogP contribution in [0.15, 0.2) is 47.6 Å². The number of anilines is 1. The lowest BCUT2D eigenvalue weighted by Crippen LogP contribution is -2.41. The SMILES string of the molecule is CN=C(NCc1ccnc(N2CCCCC2)c1)NCC(C)Oc1ccccc1C. The third-order valence-corrected chi connectivity index (χ3v) is 5.15. The van der Waals surface area contributed by atoms with Crippen LogP contribution in [0.4, 0.5) is 5.82 Å². The summed E-state index contributed by atoms with van der Waals surface area (Å²) in [6, 6.07) is 12.3. The van der Waals surface area contributed by atoms with Crippen LogP contribution in [0, 0.1) is 6.92 Å². The van der Waals surface area contributed by atoms with Crippen LogP contribution in [0.2, 0.25) is 0 Å². The molecule has 0 amide bonds. The number of aliphatic imine (C=N–C) groups is 1. The van der Waals surface area contributed by atoms with Crippen molar-refractivity contribution in [3.8, 4) is 5.75 Å². The number of hydrogen-bond donors (Lipinski definition) is 2. The van der Waals surface area contributed by atoms with Crippen molar-refractivity contribution >= 4 is 11.8 Å². The van der Waals surface area contributed by atoms with Crippen molar-refractivity contribution in [3.05, 3.63) is 53.7 Å². The van der Waals surface area contributed by atoms with Crippen LogP contribution in [0.1, 0.15) is 37.3 Å². The van der Waals surface area contributed by atoms with Gasteiger partial charge in [0.1, 0.15) is 17.7 Å². The number of benzene rings is 1. The molecule has 1 aliphatic rings. The van der Waals surface area contributed by atoms with E-state index in [9.17, 15) is 0 Å². The van der Waals surface area contributed by atoms with Crippen LogP contribution in [0.5, 0.6) is 5.75 Å². The maximum atomic E-state index is 6.03. The van der Waals surface area contributed by atoms with Crippen LogP contribution in [0.25, 0.3) is 0 Å². The molecule has 2 N–H and O–H groups in total. The average molecular weight is 396 g/mol. The van der Waals surface area contributed by atoms with Gasteiger partial charge in [0.05, 0.1) is 6.54 Å². The summed E-state index contributed by atoms with van der Waals surface area (Å²) in [5.74, 6) is 2.76. The Kier molecular flexibility index (Phi) is 7.73. The quantitative estimate of drug-likeness (QED) is 0.555. The molecule has 2 heterocycles. The van der Waals surface area contributed by atoms with Crippen LogP contribution < -0.4 is 20.3 Å². The Morgan fingerprint density at radius 3 is 2.72 bits per heavy atom. The van der Waals surface area contributed by atoms with Gasteiger partial charge in [-0.05, 0) is 62.4 Å². The van der Waals surface area contributed by atoms with Crippen LogP contribution in [0.3, 0.4) is 0 Å². The first-order valence-electron chi connectivity index (χ1n) is 10.5. The van der Waals surface area contributed by atoms with E-state index in [1.54, 1.807) is 7.05 Å². The number of pyridine rings is 1. The average Bonchev–Trinajstić information content (AvgIpc) is 2.76. The van der Waals surface area contributed by atoms with Gasteiger partial charge in [0.25, 0.3) is 0 Å². The summed E-state index contributed by atoms with van der Waals surface area (Å²) >= 11 is 0. The second-order valence-electron chi connectivity index (χ2n) is 7.57. The van der Waals surface area contributed by atoms with Crippen LogP contribution >= 0.6 is 0 Å². The fraction of sp³-hybridized carbons (Fsp3) is 0.478. The largest absolute Gasteiger partial charge is 0.489 e. The molecular weight excluding hydrogens is 362 g/mol. The van der Waals surface area contributed by atoms with Gasteiger partial charge in [-0.3, -0.25) is 4.99 Å². The van der Waals surface area contributed by atoms with Crippen LogP contribution in [-0.4, -0.2) is 43.7 Å². The Hall–Kier alpha value is -2.76. The van der Waals surface area contributed by atoms with Crippen molar-refractivity contribution in [1.82, 2.24) is 15.6 Å². The Morgan fingerprint density at radius 2 is 1.97 bits per heavy atom. The molecule has 0 spiro atoms. The summed E-state index contributed by atoms with van der Waals surface area (Å²) in [4.78, 5) is 11.3. The van der Waals surface area contributed by atoms with E-state index in [2.05, 4.69) is 57.6 Å². The van der Waals surface area contributed by atoms with Crippen molar-refractivity contribution in [1.29, 1.82) is 0 Å². The molecule has 1 aliphatic heterocycles. The van der Waals surface area contributed by atoms with E-state index >= 15 is 0 Å². The number of rotatable bonds is 7. The van der Waals surface area contributed by atoms with Gasteiger partial charge in [-0.1, -0.05) is 18.2 Å². The highest BCUT2D eigenvalue weighted by Crippen LogP contribution is 2.19. The molecule has 1 unspecified atom stereocenters. The maximum Gasteiger partial charge on any atom is 0.191 e. The zero-order valence-corrected chi connectivity index (χ0v) is 17.8. The molecule has 2 aromatic rings. The highest BCUT2D eigenvalue weighted by Gasteiger charge is 2.12. The lowest BCUT2D eigenvalue weighted by molar-refractivity contribution is 0.222. The summed E-state index contributed by atoms with van der Waals surface area (Å²) in [5.41, 5.74) is 2.34. The first-order valence-corrected chi connectivity index (χ1v) is 10.5. The van der Waals surface area contributed by atoms with E-state index in [1.165, 1.54) is 24.8 Å².